The Labute approximate surface area is 190 Å². The van der Waals surface area contributed by atoms with E-state index in [0.29, 0.717) is 36.6 Å². The van der Waals surface area contributed by atoms with E-state index in [0.717, 1.165) is 21.8 Å². The summed E-state index contributed by atoms with van der Waals surface area (Å²) in [6.07, 6.45) is 2.25. The fourth-order valence-electron chi connectivity index (χ4n) is 3.58. The van der Waals surface area contributed by atoms with E-state index in [2.05, 4.69) is 5.32 Å². The molecule has 0 spiro atoms. The van der Waals surface area contributed by atoms with Crippen molar-refractivity contribution in [1.29, 1.82) is 0 Å². The van der Waals surface area contributed by atoms with Gasteiger partial charge in [-0.05, 0) is 37.1 Å². The summed E-state index contributed by atoms with van der Waals surface area (Å²) in [5.41, 5.74) is 3.47. The molecule has 0 bridgehead atoms. The van der Waals surface area contributed by atoms with Gasteiger partial charge in [-0.25, -0.2) is 17.7 Å². The van der Waals surface area contributed by atoms with Gasteiger partial charge in [0, 0.05) is 46.2 Å². The fourth-order valence-corrected chi connectivity index (χ4v) is 5.42. The minimum atomic E-state index is -3.20. The molecule has 3 aromatic rings. The molecule has 0 aliphatic carbocycles. The van der Waals surface area contributed by atoms with Gasteiger partial charge in [0.1, 0.15) is 5.01 Å². The zero-order valence-corrected chi connectivity index (χ0v) is 19.3. The van der Waals surface area contributed by atoms with Gasteiger partial charge in [-0.3, -0.25) is 4.79 Å². The number of thiazole rings is 1. The molecule has 1 aromatic heterocycles. The van der Waals surface area contributed by atoms with Gasteiger partial charge >= 0.3 is 0 Å². The number of piperidine rings is 1. The van der Waals surface area contributed by atoms with Gasteiger partial charge in [-0.2, -0.15) is 0 Å². The lowest BCUT2D eigenvalue weighted by Crippen LogP contribution is -2.40. The van der Waals surface area contributed by atoms with Gasteiger partial charge in [-0.1, -0.05) is 35.9 Å². The molecule has 1 saturated heterocycles. The lowest BCUT2D eigenvalue weighted by atomic mass is 9.97. The van der Waals surface area contributed by atoms with E-state index in [1.54, 1.807) is 11.3 Å². The van der Waals surface area contributed by atoms with E-state index >= 15 is 0 Å². The first-order chi connectivity index (χ1) is 14.8. The largest absolute Gasteiger partial charge is 0.326 e. The van der Waals surface area contributed by atoms with Gasteiger partial charge in [0.25, 0.3) is 0 Å². The fraction of sp³-hybridized carbons (Fsp3) is 0.273. The van der Waals surface area contributed by atoms with Crippen LogP contribution in [0.1, 0.15) is 12.8 Å². The third-order valence-electron chi connectivity index (χ3n) is 5.31. The number of halogens is 1. The summed E-state index contributed by atoms with van der Waals surface area (Å²) in [4.78, 5) is 17.4. The topological polar surface area (TPSA) is 79.4 Å². The first-order valence-electron chi connectivity index (χ1n) is 9.87. The van der Waals surface area contributed by atoms with Gasteiger partial charge < -0.3 is 5.32 Å². The normalized spacial score (nSPS) is 15.7. The number of nitrogens with one attached hydrogen (secondary N) is 1. The Bertz CT molecular complexity index is 1180. The lowest BCUT2D eigenvalue weighted by Gasteiger charge is -2.29. The monoisotopic (exact) mass is 475 g/mol. The van der Waals surface area contributed by atoms with Crippen LogP contribution in [0.4, 0.5) is 5.69 Å². The number of hydrogen-bond donors (Lipinski definition) is 1. The highest BCUT2D eigenvalue weighted by Crippen LogP contribution is 2.31. The van der Waals surface area contributed by atoms with E-state index in [-0.39, 0.29) is 11.8 Å². The number of amides is 1. The van der Waals surface area contributed by atoms with Crippen LogP contribution in [-0.2, 0) is 14.8 Å². The molecule has 0 saturated carbocycles. The second-order valence-corrected chi connectivity index (χ2v) is 10.8. The summed E-state index contributed by atoms with van der Waals surface area (Å²) in [5, 5.41) is 6.55. The predicted molar refractivity (Wildman–Crippen MR) is 126 cm³/mol. The molecule has 31 heavy (non-hydrogen) atoms. The number of hydrogen-bond acceptors (Lipinski definition) is 5. The number of rotatable bonds is 5. The van der Waals surface area contributed by atoms with Crippen molar-refractivity contribution in [3.63, 3.8) is 0 Å². The zero-order valence-electron chi connectivity index (χ0n) is 16.9. The van der Waals surface area contributed by atoms with Crippen molar-refractivity contribution in [3.05, 3.63) is 58.9 Å². The number of carbonyl (C=O) groups excluding carboxylic acids is 1. The molecule has 9 heteroatoms. The molecule has 2 heterocycles. The molecule has 162 valence electrons. The first-order valence-corrected chi connectivity index (χ1v) is 13.0. The first kappa shape index (κ1) is 22.0. The summed E-state index contributed by atoms with van der Waals surface area (Å²) in [5.74, 6) is -0.275. The minimum absolute atomic E-state index is 0.0783. The average molecular weight is 476 g/mol. The van der Waals surface area contributed by atoms with Crippen LogP contribution in [-0.4, -0.2) is 43.0 Å². The van der Waals surface area contributed by atoms with Crippen molar-refractivity contribution in [1.82, 2.24) is 9.29 Å². The minimum Gasteiger partial charge on any atom is -0.326 e. The number of nitrogens with zero attached hydrogens (tertiary/aromatic N) is 2. The second kappa shape index (κ2) is 9.08. The van der Waals surface area contributed by atoms with E-state index < -0.39 is 10.0 Å². The van der Waals surface area contributed by atoms with Gasteiger partial charge in [0.2, 0.25) is 15.9 Å². The highest BCUT2D eigenvalue weighted by atomic mass is 35.5. The molecule has 1 fully saturated rings. The maximum absolute atomic E-state index is 12.7. The van der Waals surface area contributed by atoms with Gasteiger partial charge in [0.15, 0.2) is 0 Å². The summed E-state index contributed by atoms with van der Waals surface area (Å²) in [6, 6.07) is 15.2. The molecule has 4 rings (SSSR count). The van der Waals surface area contributed by atoms with Crippen molar-refractivity contribution in [2.45, 2.75) is 12.8 Å². The standard InChI is InChI=1S/C22H22ClN3O3S2/c1-31(28,29)26-11-9-15(10-12-26)21(27)24-19-4-2-3-17(13-19)20-14-30-22(25-20)16-5-7-18(23)8-6-16/h2-8,13-15H,9-12H2,1H3,(H,24,27). The molecular formula is C22H22ClN3O3S2. The Morgan fingerprint density at radius 2 is 1.84 bits per heavy atom. The molecule has 1 aliphatic rings. The number of sulfonamides is 1. The summed E-state index contributed by atoms with van der Waals surface area (Å²) < 4.78 is 24.7. The van der Waals surface area contributed by atoms with Crippen LogP contribution < -0.4 is 5.32 Å². The quantitative estimate of drug-likeness (QED) is 0.578. The van der Waals surface area contributed by atoms with Crippen LogP contribution in [0.3, 0.4) is 0 Å². The Morgan fingerprint density at radius 3 is 2.52 bits per heavy atom. The smallest absolute Gasteiger partial charge is 0.227 e. The zero-order chi connectivity index (χ0) is 22.0. The maximum Gasteiger partial charge on any atom is 0.227 e. The molecule has 1 amide bonds. The highest BCUT2D eigenvalue weighted by Gasteiger charge is 2.29. The Morgan fingerprint density at radius 1 is 1.13 bits per heavy atom. The van der Waals surface area contributed by atoms with Crippen LogP contribution >= 0.6 is 22.9 Å². The SMILES string of the molecule is CS(=O)(=O)N1CCC(C(=O)Nc2cccc(-c3csc(-c4ccc(Cl)cc4)n3)c2)CC1. The van der Waals surface area contributed by atoms with Crippen molar-refractivity contribution < 1.29 is 13.2 Å². The Kier molecular flexibility index (Phi) is 6.43. The van der Waals surface area contributed by atoms with Crippen LogP contribution in [0.15, 0.2) is 53.9 Å². The molecule has 0 unspecified atom stereocenters. The summed E-state index contributed by atoms with van der Waals surface area (Å²) in [7, 11) is -3.20. The van der Waals surface area contributed by atoms with Crippen LogP contribution in [0.5, 0.6) is 0 Å². The summed E-state index contributed by atoms with van der Waals surface area (Å²) >= 11 is 7.51. The number of benzene rings is 2. The third kappa shape index (κ3) is 5.33. The molecule has 1 N–H and O–H groups in total. The molecule has 0 radical (unpaired) electrons. The van der Waals surface area contributed by atoms with Gasteiger partial charge in [-0.15, -0.1) is 11.3 Å². The van der Waals surface area contributed by atoms with Crippen molar-refractivity contribution in [2.24, 2.45) is 5.92 Å². The van der Waals surface area contributed by atoms with E-state index in [4.69, 9.17) is 16.6 Å². The van der Waals surface area contributed by atoms with Crippen LogP contribution in [0.25, 0.3) is 21.8 Å². The Hall–Kier alpha value is -2.26. The number of anilines is 1. The summed E-state index contributed by atoms with van der Waals surface area (Å²) in [6.45, 7) is 0.756. The number of carbonyl (C=O) groups is 1. The van der Waals surface area contributed by atoms with E-state index in [1.165, 1.54) is 10.6 Å². The third-order valence-corrected chi connectivity index (χ3v) is 7.76. The van der Waals surface area contributed by atoms with E-state index in [9.17, 15) is 13.2 Å². The molecule has 1 aliphatic heterocycles. The number of aromatic nitrogens is 1. The lowest BCUT2D eigenvalue weighted by molar-refractivity contribution is -0.120. The molecule has 6 nitrogen and oxygen atoms in total. The van der Waals surface area contributed by atoms with Gasteiger partial charge in [0.05, 0.1) is 11.9 Å². The maximum atomic E-state index is 12.7. The molecular weight excluding hydrogens is 454 g/mol. The average Bonchev–Trinajstić information content (AvgIpc) is 3.24. The molecule has 0 atom stereocenters. The second-order valence-electron chi connectivity index (χ2n) is 7.55. The highest BCUT2D eigenvalue weighted by molar-refractivity contribution is 7.88. The van der Waals surface area contributed by atoms with Crippen molar-refractivity contribution in [3.8, 4) is 21.8 Å². The Balaban J connectivity index is 1.43. The molecule has 2 aromatic carbocycles. The van der Waals surface area contributed by atoms with Crippen molar-refractivity contribution in [2.75, 3.05) is 24.7 Å². The van der Waals surface area contributed by atoms with Crippen LogP contribution in [0.2, 0.25) is 5.02 Å². The van der Waals surface area contributed by atoms with E-state index in [1.807, 2.05) is 53.9 Å². The predicted octanol–water partition coefficient (Wildman–Crippen LogP) is 4.74. The van der Waals surface area contributed by atoms with Crippen molar-refractivity contribution >= 4 is 44.6 Å². The van der Waals surface area contributed by atoms with Crippen LogP contribution in [0, 0.1) is 5.92 Å².